The molecule has 13 heterocycles. The maximum atomic E-state index is 14.4. The van der Waals surface area contributed by atoms with Crippen molar-refractivity contribution in [2.24, 2.45) is 0 Å². The lowest BCUT2D eigenvalue weighted by atomic mass is 10.0. The molecule has 0 unspecified atom stereocenters. The lowest BCUT2D eigenvalue weighted by Crippen LogP contribution is -2.56. The first-order valence-corrected chi connectivity index (χ1v) is 33.5. The zero-order chi connectivity index (χ0) is 64.6. The number of aryl methyl sites for hydroxylation is 1. The summed E-state index contributed by atoms with van der Waals surface area (Å²) in [4.78, 5) is 184. The molecule has 6 bridgehead atoms. The van der Waals surface area contributed by atoms with E-state index in [4.69, 9.17) is 0 Å². The molecule has 2 N–H and O–H groups in total. The first-order chi connectivity index (χ1) is 45.1. The molecule has 0 saturated carbocycles. The SMILES string of the molecule is O=C1CCc2cn(nn2)CC(=O)N2CCC[C@H]2C(=O)N2CCC[C@H]2C(=O)N2CCC[C@H]2C(=O)NCc2cn(nn2)CC(=O)N2CCC[C@H]2C(=O)N2CCC[C@H]2C(=O)N2CCC[C@H]2C(=O)NCc2cn(nn2)CC(=O)N2CCC[C@H]2C(=O)N2CCC[C@H]2C(=O)N2CCC[C@@H]12. The molecule has 93 heavy (non-hydrogen) atoms. The molecular formula is C61H82N20O12. The third kappa shape index (κ3) is 12.8. The van der Waals surface area contributed by atoms with Gasteiger partial charge in [-0.05, 0) is 116 Å². The van der Waals surface area contributed by atoms with Crippen molar-refractivity contribution in [1.29, 1.82) is 0 Å². The Morgan fingerprint density at radius 2 is 0.538 bits per heavy atom. The van der Waals surface area contributed by atoms with Gasteiger partial charge in [-0.25, -0.2) is 14.0 Å². The number of nitrogens with one attached hydrogen (secondary N) is 2. The maximum absolute atomic E-state index is 14.4. The molecule has 11 amide bonds. The highest BCUT2D eigenvalue weighted by atomic mass is 16.2. The van der Waals surface area contributed by atoms with E-state index in [0.29, 0.717) is 192 Å². The summed E-state index contributed by atoms with van der Waals surface area (Å²) in [6.45, 7) is 2.15. The number of carbonyl (C=O) groups is 12. The highest BCUT2D eigenvalue weighted by Crippen LogP contribution is 2.33. The predicted molar refractivity (Wildman–Crippen MR) is 320 cm³/mol. The van der Waals surface area contributed by atoms with E-state index in [1.165, 1.54) is 50.9 Å². The van der Waals surface area contributed by atoms with Gasteiger partial charge in [0.25, 0.3) is 0 Å². The molecule has 498 valence electrons. The molecule has 3 aromatic rings. The van der Waals surface area contributed by atoms with Crippen molar-refractivity contribution in [1.82, 2.24) is 99.7 Å². The number of nitrogens with zero attached hydrogens (tertiary/aromatic N) is 18. The van der Waals surface area contributed by atoms with Gasteiger partial charge in [0.15, 0.2) is 5.78 Å². The van der Waals surface area contributed by atoms with Crippen molar-refractivity contribution < 1.29 is 57.5 Å². The van der Waals surface area contributed by atoms with Gasteiger partial charge in [-0.15, -0.1) is 15.3 Å². The topological polar surface area (TPSA) is 350 Å². The van der Waals surface area contributed by atoms with Gasteiger partial charge in [-0.1, -0.05) is 15.6 Å². The van der Waals surface area contributed by atoms with Gasteiger partial charge in [0.05, 0.1) is 37.2 Å². The van der Waals surface area contributed by atoms with Crippen molar-refractivity contribution in [3.05, 3.63) is 35.7 Å². The summed E-state index contributed by atoms with van der Waals surface area (Å²) >= 11 is 0. The van der Waals surface area contributed by atoms with Gasteiger partial charge in [0.2, 0.25) is 65.0 Å². The number of aromatic nitrogens is 9. The van der Waals surface area contributed by atoms with Crippen molar-refractivity contribution in [2.45, 2.75) is 216 Å². The monoisotopic (exact) mass is 1290 g/mol. The molecule has 0 aliphatic carbocycles. The molecule has 0 aromatic carbocycles. The third-order valence-electron chi connectivity index (χ3n) is 20.8. The normalized spacial score (nSPS) is 29.9. The van der Waals surface area contributed by atoms with Crippen molar-refractivity contribution in [3.63, 3.8) is 0 Å². The van der Waals surface area contributed by atoms with E-state index < -0.39 is 66.2 Å². The van der Waals surface area contributed by atoms with Crippen LogP contribution in [0.25, 0.3) is 0 Å². The smallest absolute Gasteiger partial charge is 0.246 e. The number of fused-ring (bicyclic) bond motifs is 15. The first-order valence-electron chi connectivity index (χ1n) is 33.5. The summed E-state index contributed by atoms with van der Waals surface area (Å²) in [6, 6.07) is -7.15. The average Bonchev–Trinajstić information content (AvgIpc) is 1.71. The molecule has 0 radical (unpaired) electrons. The molecule has 9 fully saturated rings. The van der Waals surface area contributed by atoms with Gasteiger partial charge in [-0.2, -0.15) is 0 Å². The molecule has 10 aliphatic heterocycles. The number of hydrogen-bond acceptors (Lipinski definition) is 18. The van der Waals surface area contributed by atoms with Crippen LogP contribution >= 0.6 is 0 Å². The van der Waals surface area contributed by atoms with Crippen LogP contribution in [0.2, 0.25) is 0 Å². The highest BCUT2D eigenvalue weighted by molar-refractivity contribution is 5.98. The molecule has 13 rings (SSSR count). The second-order valence-corrected chi connectivity index (χ2v) is 26.5. The number of hydrogen-bond donors (Lipinski definition) is 2. The highest BCUT2D eigenvalue weighted by Gasteiger charge is 2.50. The molecule has 32 nitrogen and oxygen atoms in total. The Labute approximate surface area is 536 Å². The van der Waals surface area contributed by atoms with Crippen LogP contribution in [0.4, 0.5) is 0 Å². The minimum Gasteiger partial charge on any atom is -0.349 e. The number of carbonyl (C=O) groups excluding carboxylic acids is 12. The fourth-order valence-electron chi connectivity index (χ4n) is 16.2. The third-order valence-corrected chi connectivity index (χ3v) is 20.8. The van der Waals surface area contributed by atoms with Crippen LogP contribution in [-0.4, -0.2) is 273 Å². The van der Waals surface area contributed by atoms with Crippen LogP contribution in [0.15, 0.2) is 18.6 Å². The summed E-state index contributed by atoms with van der Waals surface area (Å²) in [6.07, 6.45) is 13.8. The first kappa shape index (κ1) is 63.0. The lowest BCUT2D eigenvalue weighted by molar-refractivity contribution is -0.150. The van der Waals surface area contributed by atoms with Gasteiger partial charge < -0.3 is 54.7 Å². The Kier molecular flexibility index (Phi) is 18.4. The van der Waals surface area contributed by atoms with E-state index in [1.54, 1.807) is 25.8 Å². The molecule has 9 saturated heterocycles. The fraction of sp³-hybridized carbons (Fsp3) is 0.705. The number of ketones is 1. The number of Topliss-reactive ketones (excluding diaryl/α,β-unsaturated/α-hetero) is 1. The Hall–Kier alpha value is -8.74. The Balaban J connectivity index is 0.693. The van der Waals surface area contributed by atoms with Crippen LogP contribution in [0, 0.1) is 0 Å². The molecule has 32 heteroatoms. The minimum atomic E-state index is -0.820. The second kappa shape index (κ2) is 27.1. The van der Waals surface area contributed by atoms with E-state index in [0.717, 1.165) is 0 Å². The maximum Gasteiger partial charge on any atom is 0.246 e. The van der Waals surface area contributed by atoms with Crippen LogP contribution in [0.5, 0.6) is 0 Å². The lowest BCUT2D eigenvalue weighted by Gasteiger charge is -2.34. The van der Waals surface area contributed by atoms with Crippen LogP contribution in [0.1, 0.15) is 139 Å². The fourth-order valence-corrected chi connectivity index (χ4v) is 16.2. The molecule has 0 spiro atoms. The van der Waals surface area contributed by atoms with Gasteiger partial charge in [-0.3, -0.25) is 57.5 Å². The van der Waals surface area contributed by atoms with Gasteiger partial charge in [0, 0.05) is 77.9 Å². The summed E-state index contributed by atoms with van der Waals surface area (Å²) in [5, 5.41) is 30.9. The molecule has 3 aromatic heterocycles. The largest absolute Gasteiger partial charge is 0.349 e. The molecular weight excluding hydrogens is 1200 g/mol. The zero-order valence-electron chi connectivity index (χ0n) is 52.4. The van der Waals surface area contributed by atoms with Gasteiger partial charge in [0.1, 0.15) is 79.4 Å². The minimum absolute atomic E-state index is 0.0466. The molecule has 10 aliphatic rings. The van der Waals surface area contributed by atoms with Crippen molar-refractivity contribution in [3.8, 4) is 0 Å². The summed E-state index contributed by atoms with van der Waals surface area (Å²) < 4.78 is 4.07. The number of amides is 11. The van der Waals surface area contributed by atoms with E-state index in [2.05, 4.69) is 41.6 Å². The Morgan fingerprint density at radius 1 is 0.290 bits per heavy atom. The summed E-state index contributed by atoms with van der Waals surface area (Å²) in [5.74, 6) is -4.00. The van der Waals surface area contributed by atoms with Crippen LogP contribution in [0.3, 0.4) is 0 Å². The average molecular weight is 1290 g/mol. The standard InChI is InChI=1S/C61H82N20O12/c82-50-20-19-38-32-70(67-64-38)35-51(83)73-21-4-14-45(73)57(89)80-28-8-17-48(80)60(92)77-25-2-11-42(77)54(86)63-31-40-34-72(69-66-40)37-53(85)75-23-6-15-46(75)58(90)81-29-9-18-49(81)61(93)78-26-3-12-43(78)55(87)62-30-39-33-71(68-65-39)36-52(84)74-22-5-13-44(74)56(88)79-27-7-16-47(79)59(91)76-24-1-10-41(50)76/h32-34,41-49H,1-31,35-37H2,(H,62,87)(H,63,86)/t41-,42-,43-,44-,45-,46-,47-,48-,49-/m0/s1. The van der Waals surface area contributed by atoms with Crippen molar-refractivity contribution >= 4 is 70.8 Å². The van der Waals surface area contributed by atoms with Gasteiger partial charge >= 0.3 is 0 Å². The Bertz CT molecular complexity index is 3090. The van der Waals surface area contributed by atoms with E-state index in [-0.39, 0.29) is 105 Å². The number of rotatable bonds is 0. The second-order valence-electron chi connectivity index (χ2n) is 26.5. The Morgan fingerprint density at radius 3 is 0.871 bits per heavy atom. The van der Waals surface area contributed by atoms with Crippen molar-refractivity contribution in [2.75, 3.05) is 58.9 Å². The van der Waals surface area contributed by atoms with Crippen LogP contribution < -0.4 is 10.6 Å². The summed E-state index contributed by atoms with van der Waals surface area (Å²) in [5.41, 5.74) is 1.18. The molecule has 9 atom stereocenters. The quantitative estimate of drug-likeness (QED) is 0.235. The predicted octanol–water partition coefficient (Wildman–Crippen LogP) is -2.47. The van der Waals surface area contributed by atoms with E-state index in [9.17, 15) is 57.5 Å². The zero-order valence-corrected chi connectivity index (χ0v) is 52.4. The van der Waals surface area contributed by atoms with E-state index in [1.807, 2.05) is 0 Å². The van der Waals surface area contributed by atoms with Crippen LogP contribution in [-0.2, 0) is 96.7 Å². The summed E-state index contributed by atoms with van der Waals surface area (Å²) in [7, 11) is 0. The van der Waals surface area contributed by atoms with E-state index >= 15 is 0 Å².